The Kier molecular flexibility index (Phi) is 3.93. The average molecular weight is 378 g/mol. The Morgan fingerprint density at radius 2 is 1.96 bits per heavy atom. The fraction of sp³-hybridized carbons (Fsp3) is 0.278. The molecule has 9 heteroatoms. The number of pyridine rings is 2. The summed E-state index contributed by atoms with van der Waals surface area (Å²) < 4.78 is 0. The molecule has 0 spiro atoms. The molecule has 0 unspecified atom stereocenters. The van der Waals surface area contributed by atoms with Crippen molar-refractivity contribution in [1.29, 1.82) is 0 Å². The molecule has 1 fully saturated rings. The quantitative estimate of drug-likeness (QED) is 0.493. The number of H-pyrrole nitrogens is 1. The van der Waals surface area contributed by atoms with Crippen LogP contribution >= 0.6 is 11.3 Å². The fourth-order valence-electron chi connectivity index (χ4n) is 3.47. The van der Waals surface area contributed by atoms with Gasteiger partial charge in [-0.25, -0.2) is 4.98 Å². The van der Waals surface area contributed by atoms with E-state index in [1.54, 1.807) is 29.9 Å². The van der Waals surface area contributed by atoms with Crippen molar-refractivity contribution < 1.29 is 0 Å². The van der Waals surface area contributed by atoms with Crippen LogP contribution < -0.4 is 11.1 Å². The Morgan fingerprint density at radius 3 is 2.78 bits per heavy atom. The lowest BCUT2D eigenvalue weighted by molar-refractivity contribution is 0.705. The second-order valence-corrected chi connectivity index (χ2v) is 7.73. The van der Waals surface area contributed by atoms with E-state index in [4.69, 9.17) is 5.73 Å². The minimum absolute atomic E-state index is 0.443. The summed E-state index contributed by atoms with van der Waals surface area (Å²) in [5, 5.41) is 20.6. The maximum atomic E-state index is 6.23. The smallest absolute Gasteiger partial charge is 0.151 e. The van der Waals surface area contributed by atoms with Crippen LogP contribution in [0.25, 0.3) is 21.6 Å². The maximum Gasteiger partial charge on any atom is 0.151 e. The van der Waals surface area contributed by atoms with Gasteiger partial charge in [0.2, 0.25) is 0 Å². The van der Waals surface area contributed by atoms with Crippen LogP contribution in [0.1, 0.15) is 36.6 Å². The molecule has 4 aromatic heterocycles. The SMILES string of the molecule is Nc1nc2cc(Nc3cn[nH]c3)cnc2cc1-c1nnc(C2CCCC2)s1. The fourth-order valence-corrected chi connectivity index (χ4v) is 4.51. The summed E-state index contributed by atoms with van der Waals surface area (Å²) in [6, 6.07) is 3.86. The molecular formula is C18H18N8S. The van der Waals surface area contributed by atoms with E-state index in [1.807, 2.05) is 12.1 Å². The number of nitrogens with zero attached hydrogens (tertiary/aromatic N) is 5. The van der Waals surface area contributed by atoms with Gasteiger partial charge in [-0.3, -0.25) is 10.1 Å². The largest absolute Gasteiger partial charge is 0.383 e. The van der Waals surface area contributed by atoms with Gasteiger partial charge in [-0.15, -0.1) is 10.2 Å². The van der Waals surface area contributed by atoms with E-state index in [0.717, 1.165) is 38.0 Å². The van der Waals surface area contributed by atoms with Gasteiger partial charge in [-0.05, 0) is 25.0 Å². The first-order valence-corrected chi connectivity index (χ1v) is 9.74. The van der Waals surface area contributed by atoms with Crippen LogP contribution in [0.5, 0.6) is 0 Å². The maximum absolute atomic E-state index is 6.23. The van der Waals surface area contributed by atoms with Crippen LogP contribution in [0.4, 0.5) is 17.2 Å². The lowest BCUT2D eigenvalue weighted by Crippen LogP contribution is -1.97. The predicted octanol–water partition coefficient (Wildman–Crippen LogP) is 3.85. The highest BCUT2D eigenvalue weighted by molar-refractivity contribution is 7.14. The standard InChI is InChI=1S/C18H18N8S/c19-16-13(18-26-25-17(27-18)10-3-1-2-4-10)6-14-15(24-16)5-11(7-20-14)23-12-8-21-22-9-12/h5-10,23H,1-4H2,(H2,19,24)(H,21,22). The number of nitrogens with one attached hydrogen (secondary N) is 2. The number of nitrogens with two attached hydrogens (primary N) is 1. The monoisotopic (exact) mass is 378 g/mol. The Hall–Kier alpha value is -3.07. The normalized spacial score (nSPS) is 14.8. The van der Waals surface area contributed by atoms with E-state index < -0.39 is 0 Å². The van der Waals surface area contributed by atoms with E-state index in [1.165, 1.54) is 25.7 Å². The van der Waals surface area contributed by atoms with E-state index >= 15 is 0 Å². The van der Waals surface area contributed by atoms with Crippen molar-refractivity contribution in [3.8, 4) is 10.6 Å². The van der Waals surface area contributed by atoms with Crippen molar-refractivity contribution in [2.45, 2.75) is 31.6 Å². The van der Waals surface area contributed by atoms with Gasteiger partial charge in [0, 0.05) is 12.1 Å². The highest BCUT2D eigenvalue weighted by Crippen LogP contribution is 2.38. The Labute approximate surface area is 159 Å². The molecule has 0 amide bonds. The van der Waals surface area contributed by atoms with Crippen molar-refractivity contribution >= 4 is 39.6 Å². The third kappa shape index (κ3) is 3.10. The predicted molar refractivity (Wildman–Crippen MR) is 106 cm³/mol. The first-order chi connectivity index (χ1) is 13.3. The summed E-state index contributed by atoms with van der Waals surface area (Å²) in [6.07, 6.45) is 10.2. The number of fused-ring (bicyclic) bond motifs is 1. The van der Waals surface area contributed by atoms with Crippen LogP contribution in [-0.4, -0.2) is 30.4 Å². The number of hydrogen-bond donors (Lipinski definition) is 3. The lowest BCUT2D eigenvalue weighted by atomic mass is 10.1. The zero-order valence-electron chi connectivity index (χ0n) is 14.5. The van der Waals surface area contributed by atoms with Crippen molar-refractivity contribution in [1.82, 2.24) is 30.4 Å². The summed E-state index contributed by atoms with van der Waals surface area (Å²) in [7, 11) is 0. The third-order valence-corrected chi connectivity index (χ3v) is 5.98. The summed E-state index contributed by atoms with van der Waals surface area (Å²) in [5.41, 5.74) is 10.2. The number of aromatic amines is 1. The minimum Gasteiger partial charge on any atom is -0.383 e. The van der Waals surface area contributed by atoms with E-state index in [9.17, 15) is 0 Å². The van der Waals surface area contributed by atoms with Crippen molar-refractivity contribution in [2.75, 3.05) is 11.1 Å². The first-order valence-electron chi connectivity index (χ1n) is 8.92. The zero-order valence-corrected chi connectivity index (χ0v) is 15.3. The van der Waals surface area contributed by atoms with Crippen molar-refractivity contribution in [3.63, 3.8) is 0 Å². The third-order valence-electron chi connectivity index (χ3n) is 4.86. The number of nitrogen functional groups attached to an aromatic ring is 1. The lowest BCUT2D eigenvalue weighted by Gasteiger charge is -2.07. The molecule has 0 aromatic carbocycles. The minimum atomic E-state index is 0.443. The van der Waals surface area contributed by atoms with E-state index in [0.29, 0.717) is 11.7 Å². The highest BCUT2D eigenvalue weighted by atomic mass is 32.1. The van der Waals surface area contributed by atoms with Gasteiger partial charge in [0.05, 0.1) is 40.4 Å². The molecule has 136 valence electrons. The molecule has 5 rings (SSSR count). The van der Waals surface area contributed by atoms with Gasteiger partial charge >= 0.3 is 0 Å². The van der Waals surface area contributed by atoms with Crippen LogP contribution in [0.2, 0.25) is 0 Å². The summed E-state index contributed by atoms with van der Waals surface area (Å²) in [6.45, 7) is 0. The van der Waals surface area contributed by atoms with E-state index in [-0.39, 0.29) is 0 Å². The van der Waals surface area contributed by atoms with Crippen LogP contribution in [0.3, 0.4) is 0 Å². The first kappa shape index (κ1) is 16.1. The van der Waals surface area contributed by atoms with Gasteiger partial charge in [0.25, 0.3) is 0 Å². The second-order valence-electron chi connectivity index (χ2n) is 6.72. The topological polar surface area (TPSA) is 118 Å². The van der Waals surface area contributed by atoms with Gasteiger partial charge in [0.15, 0.2) is 5.01 Å². The van der Waals surface area contributed by atoms with Gasteiger partial charge < -0.3 is 11.1 Å². The second kappa shape index (κ2) is 6.58. The Morgan fingerprint density at radius 1 is 1.07 bits per heavy atom. The van der Waals surface area contributed by atoms with Gasteiger partial charge in [-0.2, -0.15) is 5.10 Å². The van der Waals surface area contributed by atoms with Crippen molar-refractivity contribution in [3.05, 3.63) is 35.7 Å². The van der Waals surface area contributed by atoms with E-state index in [2.05, 4.69) is 35.7 Å². The Bertz CT molecular complexity index is 1080. The number of anilines is 3. The molecule has 4 N–H and O–H groups in total. The van der Waals surface area contributed by atoms with Crippen LogP contribution in [-0.2, 0) is 0 Å². The summed E-state index contributed by atoms with van der Waals surface area (Å²) >= 11 is 1.62. The molecule has 1 saturated carbocycles. The van der Waals surface area contributed by atoms with Crippen molar-refractivity contribution in [2.24, 2.45) is 0 Å². The number of rotatable bonds is 4. The number of aromatic nitrogens is 6. The molecule has 27 heavy (non-hydrogen) atoms. The molecule has 0 bridgehead atoms. The molecule has 1 aliphatic carbocycles. The average Bonchev–Trinajstić information content (AvgIpc) is 3.43. The molecule has 4 aromatic rings. The zero-order chi connectivity index (χ0) is 18.2. The number of hydrogen-bond acceptors (Lipinski definition) is 8. The molecular weight excluding hydrogens is 360 g/mol. The summed E-state index contributed by atoms with van der Waals surface area (Å²) in [5.74, 6) is 0.986. The molecule has 8 nitrogen and oxygen atoms in total. The van der Waals surface area contributed by atoms with Crippen LogP contribution in [0, 0.1) is 0 Å². The highest BCUT2D eigenvalue weighted by Gasteiger charge is 2.22. The summed E-state index contributed by atoms with van der Waals surface area (Å²) in [4.78, 5) is 9.06. The van der Waals surface area contributed by atoms with Gasteiger partial charge in [-0.1, -0.05) is 24.2 Å². The van der Waals surface area contributed by atoms with Crippen LogP contribution in [0.15, 0.2) is 30.7 Å². The molecule has 0 saturated heterocycles. The molecule has 4 heterocycles. The molecule has 1 aliphatic rings. The van der Waals surface area contributed by atoms with Gasteiger partial charge in [0.1, 0.15) is 10.8 Å². The molecule has 0 atom stereocenters. The molecule has 0 aliphatic heterocycles. The molecule has 0 radical (unpaired) electrons. The Balaban J connectivity index is 1.47.